The Morgan fingerprint density at radius 3 is 2.84 bits per heavy atom. The van der Waals surface area contributed by atoms with E-state index in [1.807, 2.05) is 0 Å². The highest BCUT2D eigenvalue weighted by atomic mass is 32.2. The highest BCUT2D eigenvalue weighted by molar-refractivity contribution is 7.89. The first kappa shape index (κ1) is 14.4. The lowest BCUT2D eigenvalue weighted by molar-refractivity contribution is 0.528. The molecule has 1 heterocycles. The summed E-state index contributed by atoms with van der Waals surface area (Å²) in [5.74, 6) is -1.73. The Labute approximate surface area is 111 Å². The zero-order chi connectivity index (χ0) is 13.9. The SMILES string of the molecule is O=S(=O)(NCC[C@H]1CCCN1)c1cc(F)ccc1F. The Kier molecular flexibility index (Phi) is 4.49. The second-order valence-corrected chi connectivity index (χ2v) is 6.29. The fourth-order valence-corrected chi connectivity index (χ4v) is 3.27. The molecule has 2 rings (SSSR count). The molecule has 1 aromatic carbocycles. The standard InChI is InChI=1S/C12H16F2N2O2S/c13-9-3-4-11(14)12(8-9)19(17,18)16-7-5-10-2-1-6-15-10/h3-4,8,10,15-16H,1-2,5-7H2/t10-/m1/s1. The number of halogens is 2. The summed E-state index contributed by atoms with van der Waals surface area (Å²) in [6.45, 7) is 1.14. The van der Waals surface area contributed by atoms with E-state index in [1.165, 1.54) is 0 Å². The minimum atomic E-state index is -4.00. The number of hydrogen-bond acceptors (Lipinski definition) is 3. The maximum atomic E-state index is 13.4. The minimum Gasteiger partial charge on any atom is -0.314 e. The van der Waals surface area contributed by atoms with Gasteiger partial charge in [0, 0.05) is 12.6 Å². The van der Waals surface area contributed by atoms with Crippen molar-refractivity contribution < 1.29 is 17.2 Å². The third kappa shape index (κ3) is 3.71. The minimum absolute atomic E-state index is 0.204. The quantitative estimate of drug-likeness (QED) is 0.861. The smallest absolute Gasteiger partial charge is 0.243 e. The molecule has 4 nitrogen and oxygen atoms in total. The summed E-state index contributed by atoms with van der Waals surface area (Å²) in [6, 6.07) is 2.67. The van der Waals surface area contributed by atoms with Gasteiger partial charge in [-0.05, 0) is 44.0 Å². The lowest BCUT2D eigenvalue weighted by Crippen LogP contribution is -2.31. The Morgan fingerprint density at radius 1 is 1.37 bits per heavy atom. The maximum Gasteiger partial charge on any atom is 0.243 e. The van der Waals surface area contributed by atoms with Crippen LogP contribution in [0.3, 0.4) is 0 Å². The summed E-state index contributed by atoms with van der Waals surface area (Å²) in [7, 11) is -4.00. The molecule has 0 amide bonds. The fraction of sp³-hybridized carbons (Fsp3) is 0.500. The molecule has 0 radical (unpaired) electrons. The van der Waals surface area contributed by atoms with Crippen molar-refractivity contribution >= 4 is 10.0 Å². The average molecular weight is 290 g/mol. The van der Waals surface area contributed by atoms with E-state index in [4.69, 9.17) is 0 Å². The monoisotopic (exact) mass is 290 g/mol. The van der Waals surface area contributed by atoms with Crippen LogP contribution in [0.2, 0.25) is 0 Å². The van der Waals surface area contributed by atoms with Crippen LogP contribution in [0.4, 0.5) is 8.78 Å². The van der Waals surface area contributed by atoms with Gasteiger partial charge in [-0.15, -0.1) is 0 Å². The Balaban J connectivity index is 1.99. The molecule has 1 aliphatic heterocycles. The normalized spacial score (nSPS) is 19.8. The number of benzene rings is 1. The fourth-order valence-electron chi connectivity index (χ4n) is 2.13. The van der Waals surface area contributed by atoms with Gasteiger partial charge in [0.1, 0.15) is 16.5 Å². The van der Waals surface area contributed by atoms with Crippen molar-refractivity contribution in [3.63, 3.8) is 0 Å². The highest BCUT2D eigenvalue weighted by Crippen LogP contribution is 2.16. The summed E-state index contributed by atoms with van der Waals surface area (Å²) in [4.78, 5) is -0.646. The van der Waals surface area contributed by atoms with E-state index in [1.54, 1.807) is 0 Å². The van der Waals surface area contributed by atoms with Gasteiger partial charge in [-0.3, -0.25) is 0 Å². The van der Waals surface area contributed by atoms with Crippen LogP contribution in [0, 0.1) is 11.6 Å². The predicted octanol–water partition coefficient (Wildman–Crippen LogP) is 1.39. The molecular formula is C12H16F2N2O2S. The summed E-state index contributed by atoms with van der Waals surface area (Å²) < 4.78 is 52.3. The molecule has 0 aliphatic carbocycles. The Bertz CT molecular complexity index is 543. The molecule has 0 bridgehead atoms. The van der Waals surface area contributed by atoms with Gasteiger partial charge in [0.15, 0.2) is 0 Å². The third-order valence-electron chi connectivity index (χ3n) is 3.13. The summed E-state index contributed by atoms with van der Waals surface area (Å²) in [6.07, 6.45) is 2.72. The maximum absolute atomic E-state index is 13.4. The van der Waals surface area contributed by atoms with Crippen LogP contribution in [0.5, 0.6) is 0 Å². The van der Waals surface area contributed by atoms with Crippen molar-refractivity contribution in [2.24, 2.45) is 0 Å². The van der Waals surface area contributed by atoms with E-state index in [-0.39, 0.29) is 6.54 Å². The molecule has 106 valence electrons. The van der Waals surface area contributed by atoms with Crippen LogP contribution in [0.25, 0.3) is 0 Å². The van der Waals surface area contributed by atoms with Crippen LogP contribution in [0.15, 0.2) is 23.1 Å². The van der Waals surface area contributed by atoms with Crippen LogP contribution in [-0.4, -0.2) is 27.5 Å². The van der Waals surface area contributed by atoms with Gasteiger partial charge in [-0.25, -0.2) is 21.9 Å². The average Bonchev–Trinajstić information content (AvgIpc) is 2.85. The Hall–Kier alpha value is -1.05. The van der Waals surface area contributed by atoms with Gasteiger partial charge in [0.25, 0.3) is 0 Å². The molecule has 1 aliphatic rings. The van der Waals surface area contributed by atoms with E-state index in [0.717, 1.165) is 31.5 Å². The molecule has 0 unspecified atom stereocenters. The van der Waals surface area contributed by atoms with Crippen LogP contribution in [0.1, 0.15) is 19.3 Å². The van der Waals surface area contributed by atoms with Gasteiger partial charge < -0.3 is 5.32 Å². The topological polar surface area (TPSA) is 58.2 Å². The van der Waals surface area contributed by atoms with E-state index in [9.17, 15) is 17.2 Å². The molecule has 0 spiro atoms. The lowest BCUT2D eigenvalue weighted by atomic mass is 10.2. The largest absolute Gasteiger partial charge is 0.314 e. The molecule has 1 fully saturated rings. The third-order valence-corrected chi connectivity index (χ3v) is 4.61. The van der Waals surface area contributed by atoms with Crippen molar-refractivity contribution in [2.75, 3.05) is 13.1 Å². The van der Waals surface area contributed by atoms with Crippen molar-refractivity contribution in [1.29, 1.82) is 0 Å². The van der Waals surface area contributed by atoms with Gasteiger partial charge in [0.2, 0.25) is 10.0 Å². The van der Waals surface area contributed by atoms with E-state index in [0.29, 0.717) is 18.5 Å². The Morgan fingerprint density at radius 2 is 2.16 bits per heavy atom. The van der Waals surface area contributed by atoms with Crippen molar-refractivity contribution in [3.8, 4) is 0 Å². The summed E-state index contributed by atoms with van der Waals surface area (Å²) in [5, 5.41) is 3.23. The molecular weight excluding hydrogens is 274 g/mol. The first-order valence-electron chi connectivity index (χ1n) is 6.17. The number of hydrogen-bond donors (Lipinski definition) is 2. The van der Waals surface area contributed by atoms with E-state index in [2.05, 4.69) is 10.0 Å². The summed E-state index contributed by atoms with van der Waals surface area (Å²) in [5.41, 5.74) is 0. The number of rotatable bonds is 5. The van der Waals surface area contributed by atoms with Gasteiger partial charge >= 0.3 is 0 Å². The van der Waals surface area contributed by atoms with Crippen LogP contribution < -0.4 is 10.0 Å². The highest BCUT2D eigenvalue weighted by Gasteiger charge is 2.20. The van der Waals surface area contributed by atoms with Crippen molar-refractivity contribution in [2.45, 2.75) is 30.2 Å². The number of nitrogens with one attached hydrogen (secondary N) is 2. The molecule has 1 atom stereocenters. The molecule has 0 aromatic heterocycles. The molecule has 7 heteroatoms. The van der Waals surface area contributed by atoms with Gasteiger partial charge in [0.05, 0.1) is 0 Å². The number of sulfonamides is 1. The van der Waals surface area contributed by atoms with Gasteiger partial charge in [-0.2, -0.15) is 0 Å². The molecule has 0 saturated carbocycles. The molecule has 1 aromatic rings. The zero-order valence-electron chi connectivity index (χ0n) is 10.3. The van der Waals surface area contributed by atoms with Crippen molar-refractivity contribution in [3.05, 3.63) is 29.8 Å². The van der Waals surface area contributed by atoms with Crippen molar-refractivity contribution in [1.82, 2.24) is 10.0 Å². The summed E-state index contributed by atoms with van der Waals surface area (Å²) >= 11 is 0. The predicted molar refractivity (Wildman–Crippen MR) is 67.2 cm³/mol. The molecule has 2 N–H and O–H groups in total. The lowest BCUT2D eigenvalue weighted by Gasteiger charge is -2.11. The first-order chi connectivity index (χ1) is 8.99. The second kappa shape index (κ2) is 5.94. The van der Waals surface area contributed by atoms with E-state index >= 15 is 0 Å². The first-order valence-corrected chi connectivity index (χ1v) is 7.65. The second-order valence-electron chi connectivity index (χ2n) is 4.55. The van der Waals surface area contributed by atoms with Crippen LogP contribution in [-0.2, 0) is 10.0 Å². The van der Waals surface area contributed by atoms with Crippen LogP contribution >= 0.6 is 0 Å². The van der Waals surface area contributed by atoms with Gasteiger partial charge in [-0.1, -0.05) is 0 Å². The van der Waals surface area contributed by atoms with E-state index < -0.39 is 26.6 Å². The zero-order valence-corrected chi connectivity index (χ0v) is 11.1. The molecule has 1 saturated heterocycles. The molecule has 19 heavy (non-hydrogen) atoms.